The zero-order chi connectivity index (χ0) is 18.1. The van der Waals surface area contributed by atoms with Crippen molar-refractivity contribution in [3.63, 3.8) is 0 Å². The van der Waals surface area contributed by atoms with Gasteiger partial charge in [0.1, 0.15) is 11.7 Å². The molecule has 3 heterocycles. The van der Waals surface area contributed by atoms with Crippen LogP contribution in [0.3, 0.4) is 0 Å². The van der Waals surface area contributed by atoms with Crippen LogP contribution in [0.15, 0.2) is 42.6 Å². The summed E-state index contributed by atoms with van der Waals surface area (Å²) < 4.78 is 12.8. The molecule has 0 N–H and O–H groups in total. The molecule has 1 amide bonds. The molecule has 3 aromatic rings. The number of aryl methyl sites for hydroxylation is 1. The van der Waals surface area contributed by atoms with Gasteiger partial charge in [-0.1, -0.05) is 18.2 Å². The van der Waals surface area contributed by atoms with Gasteiger partial charge in [-0.3, -0.25) is 9.48 Å². The highest BCUT2D eigenvalue weighted by molar-refractivity contribution is 5.96. The Morgan fingerprint density at radius 2 is 2.08 bits per heavy atom. The Balaban J connectivity index is 1.45. The van der Waals surface area contributed by atoms with Crippen LogP contribution in [0.4, 0.5) is 0 Å². The van der Waals surface area contributed by atoms with Crippen LogP contribution >= 0.6 is 0 Å². The fraction of sp³-hybridized carbons (Fsp3) is 0.316. The van der Waals surface area contributed by atoms with E-state index in [-0.39, 0.29) is 12.0 Å². The van der Waals surface area contributed by atoms with Crippen LogP contribution in [0.1, 0.15) is 16.8 Å². The van der Waals surface area contributed by atoms with Gasteiger partial charge in [0.25, 0.3) is 5.91 Å². The molecule has 1 fully saturated rings. The van der Waals surface area contributed by atoms with E-state index in [0.717, 1.165) is 17.3 Å². The standard InChI is InChI=1S/C19H20N4O3/c1-22-12-15(18(21-22)25-2)19(24)23-10-9-14(11-23)26-17-8-7-13-5-3-4-6-16(13)20-17/h3-8,12,14H,9-11H2,1-2H3/t14-/m1/s1. The molecule has 1 aliphatic heterocycles. The van der Waals surface area contributed by atoms with Crippen molar-refractivity contribution >= 4 is 16.8 Å². The zero-order valence-corrected chi connectivity index (χ0v) is 14.8. The smallest absolute Gasteiger partial charge is 0.261 e. The van der Waals surface area contributed by atoms with Gasteiger partial charge in [0.2, 0.25) is 11.8 Å². The summed E-state index contributed by atoms with van der Waals surface area (Å²) in [5.41, 5.74) is 1.37. The Morgan fingerprint density at radius 3 is 2.92 bits per heavy atom. The van der Waals surface area contributed by atoms with E-state index in [2.05, 4.69) is 10.1 Å². The Kier molecular flexibility index (Phi) is 4.20. The molecule has 0 unspecified atom stereocenters. The molecular weight excluding hydrogens is 332 g/mol. The number of amides is 1. The predicted molar refractivity (Wildman–Crippen MR) is 96.4 cm³/mol. The molecular formula is C19H20N4O3. The van der Waals surface area contributed by atoms with Crippen molar-refractivity contribution in [3.8, 4) is 11.8 Å². The molecule has 0 bridgehead atoms. The van der Waals surface area contributed by atoms with Crippen molar-refractivity contribution in [2.75, 3.05) is 20.2 Å². The highest BCUT2D eigenvalue weighted by Gasteiger charge is 2.31. The number of aromatic nitrogens is 3. The third-order valence-electron chi connectivity index (χ3n) is 4.51. The molecule has 0 aliphatic carbocycles. The maximum atomic E-state index is 12.7. The van der Waals surface area contributed by atoms with E-state index in [1.165, 1.54) is 7.11 Å². The SMILES string of the molecule is COc1nn(C)cc1C(=O)N1CC[C@@H](Oc2ccc3ccccc3n2)C1. The van der Waals surface area contributed by atoms with Gasteiger partial charge in [-0.2, -0.15) is 0 Å². The minimum absolute atomic E-state index is 0.0738. The van der Waals surface area contributed by atoms with Crippen molar-refractivity contribution in [2.45, 2.75) is 12.5 Å². The van der Waals surface area contributed by atoms with Crippen LogP contribution < -0.4 is 9.47 Å². The molecule has 0 spiro atoms. The van der Waals surface area contributed by atoms with Crippen molar-refractivity contribution in [1.29, 1.82) is 0 Å². The molecule has 134 valence electrons. The third kappa shape index (κ3) is 3.08. The van der Waals surface area contributed by atoms with E-state index in [1.807, 2.05) is 36.4 Å². The number of carbonyl (C=O) groups is 1. The molecule has 4 rings (SSSR count). The van der Waals surface area contributed by atoms with Crippen LogP contribution in [-0.4, -0.2) is 51.9 Å². The third-order valence-corrected chi connectivity index (χ3v) is 4.51. The fourth-order valence-electron chi connectivity index (χ4n) is 3.23. The van der Waals surface area contributed by atoms with Gasteiger partial charge in [-0.15, -0.1) is 5.10 Å². The summed E-state index contributed by atoms with van der Waals surface area (Å²) in [6.07, 6.45) is 2.37. The predicted octanol–water partition coefficient (Wildman–Crippen LogP) is 2.27. The number of para-hydroxylation sites is 1. The summed E-state index contributed by atoms with van der Waals surface area (Å²) in [7, 11) is 3.28. The molecule has 7 heteroatoms. The molecule has 1 aromatic carbocycles. The maximum Gasteiger partial charge on any atom is 0.261 e. The number of hydrogen-bond acceptors (Lipinski definition) is 5. The van der Waals surface area contributed by atoms with Crippen molar-refractivity contribution < 1.29 is 14.3 Å². The molecule has 1 aliphatic rings. The molecule has 7 nitrogen and oxygen atoms in total. The van der Waals surface area contributed by atoms with Gasteiger partial charge in [-0.05, 0) is 12.1 Å². The molecule has 0 radical (unpaired) electrons. The van der Waals surface area contributed by atoms with Gasteiger partial charge in [0.15, 0.2) is 0 Å². The topological polar surface area (TPSA) is 69.5 Å². The lowest BCUT2D eigenvalue weighted by Crippen LogP contribution is -2.31. The van der Waals surface area contributed by atoms with Crippen LogP contribution in [0.5, 0.6) is 11.8 Å². The number of pyridine rings is 1. The van der Waals surface area contributed by atoms with E-state index < -0.39 is 0 Å². The summed E-state index contributed by atoms with van der Waals surface area (Å²) in [5, 5.41) is 5.22. The lowest BCUT2D eigenvalue weighted by Gasteiger charge is -2.16. The Labute approximate surface area is 151 Å². The average Bonchev–Trinajstić information content (AvgIpc) is 3.27. The van der Waals surface area contributed by atoms with E-state index in [1.54, 1.807) is 22.8 Å². The number of nitrogens with zero attached hydrogens (tertiary/aromatic N) is 4. The minimum atomic E-state index is -0.0903. The summed E-state index contributed by atoms with van der Waals surface area (Å²) in [6.45, 7) is 1.15. The first-order valence-corrected chi connectivity index (χ1v) is 8.53. The van der Waals surface area contributed by atoms with Gasteiger partial charge < -0.3 is 14.4 Å². The van der Waals surface area contributed by atoms with Gasteiger partial charge in [0, 0.05) is 37.7 Å². The van der Waals surface area contributed by atoms with Crippen LogP contribution in [0, 0.1) is 0 Å². The second kappa shape index (κ2) is 6.67. The van der Waals surface area contributed by atoms with E-state index in [9.17, 15) is 4.79 Å². The van der Waals surface area contributed by atoms with Gasteiger partial charge in [0.05, 0.1) is 19.2 Å². The number of methoxy groups -OCH3 is 1. The highest BCUT2D eigenvalue weighted by Crippen LogP contribution is 2.23. The molecule has 1 saturated heterocycles. The molecule has 26 heavy (non-hydrogen) atoms. The second-order valence-corrected chi connectivity index (χ2v) is 6.35. The van der Waals surface area contributed by atoms with Crippen molar-refractivity contribution in [1.82, 2.24) is 19.7 Å². The van der Waals surface area contributed by atoms with Crippen LogP contribution in [0.25, 0.3) is 10.9 Å². The normalized spacial score (nSPS) is 16.8. The summed E-state index contributed by atoms with van der Waals surface area (Å²) in [4.78, 5) is 19.0. The lowest BCUT2D eigenvalue weighted by molar-refractivity contribution is 0.0768. The number of carbonyl (C=O) groups excluding carboxylic acids is 1. The maximum absolute atomic E-state index is 12.7. The Hall–Kier alpha value is -3.09. The van der Waals surface area contributed by atoms with Crippen LogP contribution in [0.2, 0.25) is 0 Å². The fourth-order valence-corrected chi connectivity index (χ4v) is 3.23. The summed E-state index contributed by atoms with van der Waals surface area (Å²) in [6, 6.07) is 11.8. The number of fused-ring (bicyclic) bond motifs is 1. The number of benzene rings is 1. The van der Waals surface area contributed by atoms with Crippen molar-refractivity contribution in [2.24, 2.45) is 7.05 Å². The first-order chi connectivity index (χ1) is 12.6. The van der Waals surface area contributed by atoms with Gasteiger partial charge >= 0.3 is 0 Å². The highest BCUT2D eigenvalue weighted by atomic mass is 16.5. The second-order valence-electron chi connectivity index (χ2n) is 6.35. The molecule has 0 saturated carbocycles. The quantitative estimate of drug-likeness (QED) is 0.720. The summed E-state index contributed by atoms with van der Waals surface area (Å²) in [5.74, 6) is 0.840. The number of hydrogen-bond donors (Lipinski definition) is 0. The zero-order valence-electron chi connectivity index (χ0n) is 14.8. The first-order valence-electron chi connectivity index (χ1n) is 8.53. The number of likely N-dealkylation sites (tertiary alicyclic amines) is 1. The monoisotopic (exact) mass is 352 g/mol. The van der Waals surface area contributed by atoms with Gasteiger partial charge in [-0.25, -0.2) is 4.98 Å². The molecule has 2 aromatic heterocycles. The average molecular weight is 352 g/mol. The molecule has 1 atom stereocenters. The van der Waals surface area contributed by atoms with E-state index in [0.29, 0.717) is 30.4 Å². The van der Waals surface area contributed by atoms with E-state index >= 15 is 0 Å². The Bertz CT molecular complexity index is 953. The number of ether oxygens (including phenoxy) is 2. The van der Waals surface area contributed by atoms with E-state index in [4.69, 9.17) is 9.47 Å². The Morgan fingerprint density at radius 1 is 1.23 bits per heavy atom. The lowest BCUT2D eigenvalue weighted by atomic mass is 10.2. The number of rotatable bonds is 4. The largest absolute Gasteiger partial charge is 0.479 e. The minimum Gasteiger partial charge on any atom is -0.479 e. The van der Waals surface area contributed by atoms with Crippen molar-refractivity contribution in [3.05, 3.63) is 48.2 Å². The first kappa shape index (κ1) is 16.4. The summed E-state index contributed by atoms with van der Waals surface area (Å²) >= 11 is 0. The van der Waals surface area contributed by atoms with Crippen LogP contribution in [-0.2, 0) is 7.05 Å².